The molecule has 1 aliphatic heterocycles. The molecular weight excluding hydrogens is 373 g/mol. The molecule has 0 aromatic heterocycles. The predicted octanol–water partition coefficient (Wildman–Crippen LogP) is 3.90. The number of hydrogen-bond donors (Lipinski definition) is 2. The fourth-order valence-corrected chi connectivity index (χ4v) is 3.27. The van der Waals surface area contributed by atoms with Gasteiger partial charge in [0.1, 0.15) is 5.82 Å². The van der Waals surface area contributed by atoms with E-state index in [2.05, 4.69) is 38.4 Å². The average molecular weight is 400 g/mol. The lowest BCUT2D eigenvalue weighted by Gasteiger charge is -2.30. The first-order valence-corrected chi connectivity index (χ1v) is 9.52. The maximum absolute atomic E-state index is 13.6. The van der Waals surface area contributed by atoms with E-state index in [0.717, 1.165) is 29.8 Å². The Bertz CT molecular complexity index is 533. The zero-order valence-corrected chi connectivity index (χ0v) is 15.9. The van der Waals surface area contributed by atoms with Gasteiger partial charge in [-0.1, -0.05) is 22.9 Å². The van der Waals surface area contributed by atoms with Gasteiger partial charge in [0, 0.05) is 23.1 Å². The van der Waals surface area contributed by atoms with Crippen molar-refractivity contribution in [3.8, 4) is 0 Å². The van der Waals surface area contributed by atoms with E-state index in [1.807, 2.05) is 0 Å². The van der Waals surface area contributed by atoms with E-state index in [4.69, 9.17) is 0 Å². The van der Waals surface area contributed by atoms with E-state index >= 15 is 0 Å². The number of unbranched alkanes of at least 4 members (excludes halogenated alkanes) is 1. The summed E-state index contributed by atoms with van der Waals surface area (Å²) in [5, 5.41) is 5.52. The molecule has 1 heterocycles. The van der Waals surface area contributed by atoms with Crippen molar-refractivity contribution in [3.63, 3.8) is 0 Å². The molecule has 2 amide bonds. The van der Waals surface area contributed by atoms with Crippen molar-refractivity contribution in [2.75, 3.05) is 26.2 Å². The zero-order valence-electron chi connectivity index (χ0n) is 14.3. The first kappa shape index (κ1) is 19.2. The van der Waals surface area contributed by atoms with Crippen LogP contribution in [-0.2, 0) is 6.54 Å². The fourth-order valence-electron chi connectivity index (χ4n) is 2.86. The smallest absolute Gasteiger partial charge is 0.315 e. The summed E-state index contributed by atoms with van der Waals surface area (Å²) >= 11 is 3.30. The molecule has 1 aliphatic rings. The first-order chi connectivity index (χ1) is 11.5. The Balaban J connectivity index is 1.54. The monoisotopic (exact) mass is 399 g/mol. The third-order valence-electron chi connectivity index (χ3n) is 4.51. The Hall–Kier alpha value is -1.14. The van der Waals surface area contributed by atoms with Crippen LogP contribution in [0.3, 0.4) is 0 Å². The Labute approximate surface area is 152 Å². The van der Waals surface area contributed by atoms with E-state index in [1.165, 1.54) is 32.0 Å². The largest absolute Gasteiger partial charge is 0.338 e. The SMILES string of the molecule is CC1CCN(CCCCNC(=O)NCc2cc(Br)ccc2F)CC1. The number of hydrogen-bond acceptors (Lipinski definition) is 2. The van der Waals surface area contributed by atoms with E-state index in [-0.39, 0.29) is 18.4 Å². The van der Waals surface area contributed by atoms with Gasteiger partial charge in [-0.2, -0.15) is 0 Å². The molecule has 0 bridgehead atoms. The standard InChI is InChI=1S/C18H27BrFN3O/c1-14-6-10-23(11-7-14)9-3-2-8-21-18(24)22-13-15-12-16(19)4-5-17(15)20/h4-5,12,14H,2-3,6-11,13H2,1H3,(H2,21,22,24). The second-order valence-corrected chi connectivity index (χ2v) is 7.49. The van der Waals surface area contributed by atoms with E-state index < -0.39 is 0 Å². The third-order valence-corrected chi connectivity index (χ3v) is 5.00. The lowest BCUT2D eigenvalue weighted by atomic mass is 9.99. The molecule has 1 aromatic carbocycles. The van der Waals surface area contributed by atoms with Gasteiger partial charge in [0.05, 0.1) is 0 Å². The lowest BCUT2D eigenvalue weighted by Crippen LogP contribution is -2.36. The van der Waals surface area contributed by atoms with Gasteiger partial charge in [-0.15, -0.1) is 0 Å². The van der Waals surface area contributed by atoms with Crippen molar-refractivity contribution in [1.29, 1.82) is 0 Å². The third kappa shape index (κ3) is 6.77. The van der Waals surface area contributed by atoms with Crippen LogP contribution in [-0.4, -0.2) is 37.1 Å². The molecule has 134 valence electrons. The maximum Gasteiger partial charge on any atom is 0.315 e. The molecule has 4 nitrogen and oxygen atoms in total. The minimum absolute atomic E-state index is 0.184. The summed E-state index contributed by atoms with van der Waals surface area (Å²) in [6.07, 6.45) is 4.65. The highest BCUT2D eigenvalue weighted by Gasteiger charge is 2.14. The molecular formula is C18H27BrFN3O. The molecule has 0 aliphatic carbocycles. The topological polar surface area (TPSA) is 44.4 Å². The van der Waals surface area contributed by atoms with Gasteiger partial charge in [0.2, 0.25) is 0 Å². The van der Waals surface area contributed by atoms with Crippen LogP contribution in [0.2, 0.25) is 0 Å². The van der Waals surface area contributed by atoms with E-state index in [1.54, 1.807) is 12.1 Å². The number of benzene rings is 1. The van der Waals surface area contributed by atoms with Crippen LogP contribution in [0.5, 0.6) is 0 Å². The highest BCUT2D eigenvalue weighted by molar-refractivity contribution is 9.10. The Morgan fingerprint density at radius 3 is 2.79 bits per heavy atom. The van der Waals surface area contributed by atoms with E-state index in [9.17, 15) is 9.18 Å². The van der Waals surface area contributed by atoms with Crippen LogP contribution in [0.4, 0.5) is 9.18 Å². The van der Waals surface area contributed by atoms with Gasteiger partial charge in [0.15, 0.2) is 0 Å². The number of halogens is 2. The molecule has 0 spiro atoms. The highest BCUT2D eigenvalue weighted by Crippen LogP contribution is 2.16. The fraction of sp³-hybridized carbons (Fsp3) is 0.611. The van der Waals surface area contributed by atoms with Crippen LogP contribution in [0.1, 0.15) is 38.2 Å². The molecule has 2 N–H and O–H groups in total. The van der Waals surface area contributed by atoms with Crippen molar-refractivity contribution in [1.82, 2.24) is 15.5 Å². The molecule has 1 saturated heterocycles. The number of carbonyl (C=O) groups excluding carboxylic acids is 1. The highest BCUT2D eigenvalue weighted by atomic mass is 79.9. The van der Waals surface area contributed by atoms with E-state index in [0.29, 0.717) is 12.1 Å². The zero-order chi connectivity index (χ0) is 17.4. The molecule has 0 saturated carbocycles. The van der Waals surface area contributed by atoms with Gasteiger partial charge < -0.3 is 15.5 Å². The molecule has 2 rings (SSSR count). The number of nitrogens with one attached hydrogen (secondary N) is 2. The summed E-state index contributed by atoms with van der Waals surface area (Å²) in [6.45, 7) is 6.67. The predicted molar refractivity (Wildman–Crippen MR) is 98.4 cm³/mol. The molecule has 24 heavy (non-hydrogen) atoms. The number of nitrogens with zero attached hydrogens (tertiary/aromatic N) is 1. The average Bonchev–Trinajstić information content (AvgIpc) is 2.57. The summed E-state index contributed by atoms with van der Waals surface area (Å²) in [5.74, 6) is 0.552. The number of carbonyl (C=O) groups is 1. The Morgan fingerprint density at radius 2 is 2.04 bits per heavy atom. The summed E-state index contributed by atoms with van der Waals surface area (Å²) in [6, 6.07) is 4.46. The van der Waals surface area contributed by atoms with Crippen molar-refractivity contribution >= 4 is 22.0 Å². The summed E-state index contributed by atoms with van der Waals surface area (Å²) in [4.78, 5) is 14.3. The number of rotatable bonds is 7. The van der Waals surface area contributed by atoms with Crippen LogP contribution < -0.4 is 10.6 Å². The molecule has 0 unspecified atom stereocenters. The number of urea groups is 1. The van der Waals surface area contributed by atoms with Gasteiger partial charge in [-0.05, 0) is 69.4 Å². The minimum Gasteiger partial charge on any atom is -0.338 e. The summed E-state index contributed by atoms with van der Waals surface area (Å²) < 4.78 is 14.4. The Morgan fingerprint density at radius 1 is 1.29 bits per heavy atom. The van der Waals surface area contributed by atoms with Crippen molar-refractivity contribution in [3.05, 3.63) is 34.1 Å². The van der Waals surface area contributed by atoms with Crippen molar-refractivity contribution in [2.24, 2.45) is 5.92 Å². The van der Waals surface area contributed by atoms with Crippen LogP contribution >= 0.6 is 15.9 Å². The van der Waals surface area contributed by atoms with Crippen molar-refractivity contribution in [2.45, 2.75) is 39.2 Å². The van der Waals surface area contributed by atoms with Gasteiger partial charge in [-0.25, -0.2) is 9.18 Å². The molecule has 6 heteroatoms. The summed E-state index contributed by atoms with van der Waals surface area (Å²) in [7, 11) is 0. The van der Waals surface area contributed by atoms with Crippen LogP contribution in [0, 0.1) is 11.7 Å². The first-order valence-electron chi connectivity index (χ1n) is 8.72. The summed E-state index contributed by atoms with van der Waals surface area (Å²) in [5.41, 5.74) is 0.471. The van der Waals surface area contributed by atoms with Crippen molar-refractivity contribution < 1.29 is 9.18 Å². The number of amides is 2. The van der Waals surface area contributed by atoms with Crippen LogP contribution in [0.25, 0.3) is 0 Å². The minimum atomic E-state index is -0.311. The van der Waals surface area contributed by atoms with Gasteiger partial charge >= 0.3 is 6.03 Å². The normalized spacial score (nSPS) is 16.1. The van der Waals surface area contributed by atoms with Gasteiger partial charge in [0.25, 0.3) is 0 Å². The van der Waals surface area contributed by atoms with Crippen LogP contribution in [0.15, 0.2) is 22.7 Å². The molecule has 0 atom stereocenters. The quantitative estimate of drug-likeness (QED) is 0.682. The maximum atomic E-state index is 13.6. The molecule has 1 aromatic rings. The lowest BCUT2D eigenvalue weighted by molar-refractivity contribution is 0.189. The second kappa shape index (κ2) is 9.99. The number of piperidine rings is 1. The van der Waals surface area contributed by atoms with Gasteiger partial charge in [-0.3, -0.25) is 0 Å². The second-order valence-electron chi connectivity index (χ2n) is 6.58. The molecule has 0 radical (unpaired) electrons. The number of likely N-dealkylation sites (tertiary alicyclic amines) is 1. The Kier molecular flexibility index (Phi) is 7.99. The molecule has 1 fully saturated rings.